The lowest BCUT2D eigenvalue weighted by molar-refractivity contribution is -0.131. The van der Waals surface area contributed by atoms with Gasteiger partial charge in [-0.1, -0.05) is 39.8 Å². The van der Waals surface area contributed by atoms with Crippen molar-refractivity contribution in [3.05, 3.63) is 47.3 Å². The van der Waals surface area contributed by atoms with Gasteiger partial charge in [0.15, 0.2) is 6.29 Å². The molecule has 1 fully saturated rings. The molecule has 1 heterocycles. The topological polar surface area (TPSA) is 110 Å². The van der Waals surface area contributed by atoms with Crippen LogP contribution in [0.2, 0.25) is 0 Å². The quantitative estimate of drug-likeness (QED) is 0.258. The third-order valence-corrected chi connectivity index (χ3v) is 7.28. The van der Waals surface area contributed by atoms with Crippen LogP contribution >= 0.6 is 21.6 Å². The first-order chi connectivity index (χ1) is 13.8. The van der Waals surface area contributed by atoms with E-state index in [-0.39, 0.29) is 22.7 Å². The number of nitrogens with zero attached hydrogens (tertiary/aromatic N) is 1. The fourth-order valence-corrected chi connectivity index (χ4v) is 5.93. The average Bonchev–Trinajstić information content (AvgIpc) is 2.63. The number of nitrogens with one attached hydrogen (secondary N) is 1. The van der Waals surface area contributed by atoms with Gasteiger partial charge in [0.25, 0.3) is 0 Å². The van der Waals surface area contributed by atoms with E-state index in [9.17, 15) is 29.3 Å². The lowest BCUT2D eigenvalue weighted by Gasteiger charge is -2.34. The number of halogens is 1. The third-order valence-electron chi connectivity index (χ3n) is 4.37. The number of benzene rings is 1. The van der Waals surface area contributed by atoms with E-state index < -0.39 is 18.3 Å². The van der Waals surface area contributed by atoms with Gasteiger partial charge in [0, 0.05) is 49.2 Å². The van der Waals surface area contributed by atoms with E-state index in [0.717, 1.165) is 5.57 Å². The summed E-state index contributed by atoms with van der Waals surface area (Å²) in [5, 5.41) is 30.3. The number of carboxylic acids is 1. The van der Waals surface area contributed by atoms with Crippen molar-refractivity contribution in [2.24, 2.45) is 0 Å². The SMILES string of the molecule is CC(=O)N[C@@H](CSSC1CCN(Cc2ccccc2F)CC1=CC(=O)O)C(O)O. The minimum Gasteiger partial charge on any atom is -0.478 e. The standard InChI is InChI=1S/C19H25FN2O5S2/c1-12(23)21-16(19(26)27)11-28-29-17-6-7-22(10-14(17)8-18(24)25)9-13-4-2-3-5-15(13)20/h2-5,8,16-17,19,26-27H,6-7,9-11H2,1H3,(H,21,23)(H,24,25)/t16-,17?/m0/s1. The number of amides is 1. The molecule has 1 unspecified atom stereocenters. The number of carbonyl (C=O) groups excluding carboxylic acids is 1. The number of likely N-dealkylation sites (tertiary alicyclic amines) is 1. The van der Waals surface area contributed by atoms with Crippen molar-refractivity contribution >= 4 is 33.5 Å². The third kappa shape index (κ3) is 7.98. The van der Waals surface area contributed by atoms with E-state index in [4.69, 9.17) is 0 Å². The van der Waals surface area contributed by atoms with Crippen molar-refractivity contribution in [2.45, 2.75) is 37.5 Å². The van der Waals surface area contributed by atoms with Gasteiger partial charge < -0.3 is 20.6 Å². The Hall–Kier alpha value is -1.59. The summed E-state index contributed by atoms with van der Waals surface area (Å²) >= 11 is 0. The highest BCUT2D eigenvalue weighted by molar-refractivity contribution is 8.77. The number of aliphatic hydroxyl groups is 2. The molecule has 29 heavy (non-hydrogen) atoms. The van der Waals surface area contributed by atoms with Gasteiger partial charge in [0.05, 0.1) is 6.04 Å². The molecule has 1 aliphatic rings. The number of carbonyl (C=O) groups is 2. The number of aliphatic hydroxyl groups excluding tert-OH is 1. The molecule has 160 valence electrons. The number of aliphatic carboxylic acids is 1. The summed E-state index contributed by atoms with van der Waals surface area (Å²) in [6.07, 6.45) is 0.194. The average molecular weight is 445 g/mol. The van der Waals surface area contributed by atoms with Crippen LogP contribution in [-0.2, 0) is 16.1 Å². The van der Waals surface area contributed by atoms with Crippen molar-refractivity contribution in [3.63, 3.8) is 0 Å². The maximum absolute atomic E-state index is 13.9. The molecular formula is C19H25FN2O5S2. The molecule has 0 bridgehead atoms. The molecule has 0 spiro atoms. The molecule has 10 heteroatoms. The minimum absolute atomic E-state index is 0.0678. The Morgan fingerprint density at radius 2 is 2.10 bits per heavy atom. The van der Waals surface area contributed by atoms with Crippen molar-refractivity contribution in [1.29, 1.82) is 0 Å². The van der Waals surface area contributed by atoms with Crippen LogP contribution in [0, 0.1) is 5.82 Å². The monoisotopic (exact) mass is 444 g/mol. The van der Waals surface area contributed by atoms with Crippen LogP contribution in [-0.4, -0.2) is 68.5 Å². The lowest BCUT2D eigenvalue weighted by Crippen LogP contribution is -2.44. The van der Waals surface area contributed by atoms with Gasteiger partial charge in [0.1, 0.15) is 5.82 Å². The van der Waals surface area contributed by atoms with Crippen LogP contribution in [0.25, 0.3) is 0 Å². The molecule has 1 saturated heterocycles. The highest BCUT2D eigenvalue weighted by atomic mass is 33.1. The number of hydrogen-bond acceptors (Lipinski definition) is 7. The number of rotatable bonds is 9. The number of hydrogen-bond donors (Lipinski definition) is 4. The van der Waals surface area contributed by atoms with Crippen LogP contribution in [0.3, 0.4) is 0 Å². The molecule has 1 amide bonds. The summed E-state index contributed by atoms with van der Waals surface area (Å²) < 4.78 is 13.9. The molecular weight excluding hydrogens is 419 g/mol. The van der Waals surface area contributed by atoms with Gasteiger partial charge >= 0.3 is 5.97 Å². The molecule has 1 aromatic carbocycles. The van der Waals surface area contributed by atoms with Crippen LogP contribution < -0.4 is 5.32 Å². The molecule has 4 N–H and O–H groups in total. The molecule has 0 aliphatic carbocycles. The number of carboxylic acid groups (broad SMARTS) is 1. The first kappa shape index (κ1) is 23.7. The first-order valence-electron chi connectivity index (χ1n) is 9.07. The maximum Gasteiger partial charge on any atom is 0.328 e. The molecule has 0 radical (unpaired) electrons. The smallest absolute Gasteiger partial charge is 0.328 e. The first-order valence-corrected chi connectivity index (χ1v) is 11.4. The molecule has 7 nitrogen and oxygen atoms in total. The number of piperidine rings is 1. The van der Waals surface area contributed by atoms with Crippen molar-refractivity contribution < 1.29 is 29.3 Å². The van der Waals surface area contributed by atoms with Crippen LogP contribution in [0.15, 0.2) is 35.9 Å². The Kier molecular flexibility index (Phi) is 9.44. The second-order valence-corrected chi connectivity index (χ2v) is 9.35. The normalized spacial score (nSPS) is 20.0. The Labute approximate surface area is 176 Å². The predicted octanol–water partition coefficient (Wildman–Crippen LogP) is 1.61. The van der Waals surface area contributed by atoms with Gasteiger partial charge in [0.2, 0.25) is 5.91 Å². The second kappa shape index (κ2) is 11.6. The molecule has 0 saturated carbocycles. The van der Waals surface area contributed by atoms with Gasteiger partial charge in [-0.15, -0.1) is 0 Å². The molecule has 1 aromatic rings. The maximum atomic E-state index is 13.9. The van der Waals surface area contributed by atoms with E-state index in [1.54, 1.807) is 18.2 Å². The summed E-state index contributed by atoms with van der Waals surface area (Å²) in [6, 6.07) is 5.72. The summed E-state index contributed by atoms with van der Waals surface area (Å²) in [5.41, 5.74) is 1.29. The molecule has 0 aromatic heterocycles. The summed E-state index contributed by atoms with van der Waals surface area (Å²) in [5.74, 6) is -1.42. The highest BCUT2D eigenvalue weighted by Gasteiger charge is 2.27. The summed E-state index contributed by atoms with van der Waals surface area (Å²) in [7, 11) is 2.79. The Morgan fingerprint density at radius 3 is 2.72 bits per heavy atom. The zero-order chi connectivity index (χ0) is 21.4. The lowest BCUT2D eigenvalue weighted by atomic mass is 10.0. The van der Waals surface area contributed by atoms with E-state index in [2.05, 4.69) is 5.32 Å². The van der Waals surface area contributed by atoms with E-state index in [1.807, 2.05) is 4.90 Å². The Balaban J connectivity index is 1.96. The Morgan fingerprint density at radius 1 is 1.38 bits per heavy atom. The molecule has 2 rings (SSSR count). The van der Waals surface area contributed by atoms with E-state index in [0.29, 0.717) is 31.6 Å². The van der Waals surface area contributed by atoms with Crippen molar-refractivity contribution in [1.82, 2.24) is 10.2 Å². The highest BCUT2D eigenvalue weighted by Crippen LogP contribution is 2.37. The molecule has 1 aliphatic heterocycles. The fraction of sp³-hybridized carbons (Fsp3) is 0.474. The molecule has 2 atom stereocenters. The van der Waals surface area contributed by atoms with Gasteiger partial charge in [-0.05, 0) is 18.1 Å². The zero-order valence-electron chi connectivity index (χ0n) is 16.0. The van der Waals surface area contributed by atoms with Crippen molar-refractivity contribution in [2.75, 3.05) is 18.8 Å². The van der Waals surface area contributed by atoms with Crippen LogP contribution in [0.4, 0.5) is 4.39 Å². The van der Waals surface area contributed by atoms with Crippen molar-refractivity contribution in [3.8, 4) is 0 Å². The van der Waals surface area contributed by atoms with E-state index in [1.165, 1.54) is 40.7 Å². The van der Waals surface area contributed by atoms with Gasteiger partial charge in [-0.25, -0.2) is 9.18 Å². The predicted molar refractivity (Wildman–Crippen MR) is 112 cm³/mol. The summed E-state index contributed by atoms with van der Waals surface area (Å²) in [6.45, 7) is 2.79. The fourth-order valence-electron chi connectivity index (χ4n) is 2.99. The van der Waals surface area contributed by atoms with E-state index >= 15 is 0 Å². The zero-order valence-corrected chi connectivity index (χ0v) is 17.6. The largest absolute Gasteiger partial charge is 0.478 e. The van der Waals surface area contributed by atoms with Crippen LogP contribution in [0.1, 0.15) is 18.9 Å². The van der Waals surface area contributed by atoms with Gasteiger partial charge in [-0.3, -0.25) is 9.69 Å². The van der Waals surface area contributed by atoms with Crippen LogP contribution in [0.5, 0.6) is 0 Å². The Bertz CT molecular complexity index is 747. The van der Waals surface area contributed by atoms with Gasteiger partial charge in [-0.2, -0.15) is 0 Å². The minimum atomic E-state index is -1.68. The second-order valence-electron chi connectivity index (χ2n) is 6.74. The summed E-state index contributed by atoms with van der Waals surface area (Å²) in [4.78, 5) is 24.4.